The number of nitro groups is 1. The molecule has 0 spiro atoms. The number of amides is 1. The summed E-state index contributed by atoms with van der Waals surface area (Å²) >= 11 is 0. The second-order valence-corrected chi connectivity index (χ2v) is 8.00. The van der Waals surface area contributed by atoms with Gasteiger partial charge in [0.1, 0.15) is 18.2 Å². The average molecular weight is 494 g/mol. The Hall–Kier alpha value is -5.16. The molecule has 0 saturated heterocycles. The molecule has 0 fully saturated rings. The van der Waals surface area contributed by atoms with Crippen molar-refractivity contribution in [2.75, 3.05) is 11.9 Å². The Morgan fingerprint density at radius 2 is 1.76 bits per heavy atom. The lowest BCUT2D eigenvalue weighted by Crippen LogP contribution is -2.13. The van der Waals surface area contributed by atoms with Crippen LogP contribution in [0.5, 0.6) is 11.5 Å². The van der Waals surface area contributed by atoms with Crippen molar-refractivity contribution in [2.45, 2.75) is 13.5 Å². The van der Waals surface area contributed by atoms with E-state index < -0.39 is 10.8 Å². The van der Waals surface area contributed by atoms with Crippen LogP contribution in [0.2, 0.25) is 0 Å². The normalized spacial score (nSPS) is 11.0. The highest BCUT2D eigenvalue weighted by Crippen LogP contribution is 2.31. The number of nitrogens with zero attached hydrogens (tertiary/aromatic N) is 2. The zero-order valence-corrected chi connectivity index (χ0v) is 20.0. The number of nitro benzene ring substituents is 1. The third-order valence-electron chi connectivity index (χ3n) is 5.52. The van der Waals surface area contributed by atoms with E-state index in [2.05, 4.69) is 5.32 Å². The molecule has 37 heavy (non-hydrogen) atoms. The summed E-state index contributed by atoms with van der Waals surface area (Å²) in [6.45, 7) is 2.40. The Morgan fingerprint density at radius 1 is 1.00 bits per heavy atom. The first-order valence-corrected chi connectivity index (χ1v) is 11.5. The zero-order chi connectivity index (χ0) is 26.2. The molecule has 184 valence electrons. The Labute approximate surface area is 213 Å². The van der Waals surface area contributed by atoms with Crippen molar-refractivity contribution < 1.29 is 19.2 Å². The minimum absolute atomic E-state index is 0.00711. The van der Waals surface area contributed by atoms with Gasteiger partial charge in [0.25, 0.3) is 11.6 Å². The van der Waals surface area contributed by atoms with E-state index >= 15 is 0 Å². The van der Waals surface area contributed by atoms with Gasteiger partial charge in [0.05, 0.1) is 11.5 Å². The third kappa shape index (κ3) is 6.10. The first kappa shape index (κ1) is 24.9. The number of hydrogen-bond donors (Lipinski definition) is 1. The molecular formula is C29H23N3O5. The Bertz CT molecular complexity index is 1520. The van der Waals surface area contributed by atoms with Crippen LogP contribution in [0.25, 0.3) is 16.8 Å². The minimum atomic E-state index is -0.518. The number of anilines is 1. The molecule has 8 heteroatoms. The van der Waals surface area contributed by atoms with Crippen LogP contribution in [-0.2, 0) is 11.4 Å². The van der Waals surface area contributed by atoms with E-state index in [-0.39, 0.29) is 17.9 Å². The monoisotopic (exact) mass is 493 g/mol. The van der Waals surface area contributed by atoms with Crippen molar-refractivity contribution in [1.29, 1.82) is 5.26 Å². The summed E-state index contributed by atoms with van der Waals surface area (Å²) in [6.07, 6.45) is 1.49. The molecule has 0 atom stereocenters. The number of ether oxygens (including phenoxy) is 2. The summed E-state index contributed by atoms with van der Waals surface area (Å²) in [5.41, 5.74) is 1.92. The fourth-order valence-electron chi connectivity index (χ4n) is 3.72. The summed E-state index contributed by atoms with van der Waals surface area (Å²) in [6, 6.07) is 26.4. The van der Waals surface area contributed by atoms with Crippen LogP contribution in [0.4, 0.5) is 11.4 Å². The van der Waals surface area contributed by atoms with E-state index in [1.807, 2.05) is 49.4 Å². The Morgan fingerprint density at radius 3 is 2.49 bits per heavy atom. The van der Waals surface area contributed by atoms with Crippen LogP contribution in [0.15, 0.2) is 90.5 Å². The maximum absolute atomic E-state index is 12.9. The Balaban J connectivity index is 1.52. The highest BCUT2D eigenvalue weighted by molar-refractivity contribution is 6.12. The quantitative estimate of drug-likeness (QED) is 0.127. The predicted octanol–water partition coefficient (Wildman–Crippen LogP) is 6.27. The van der Waals surface area contributed by atoms with Gasteiger partial charge >= 0.3 is 0 Å². The summed E-state index contributed by atoms with van der Waals surface area (Å²) in [4.78, 5) is 23.3. The number of nitrogens with one attached hydrogen (secondary N) is 1. The number of rotatable bonds is 9. The van der Waals surface area contributed by atoms with Gasteiger partial charge in [0.2, 0.25) is 0 Å². The molecule has 0 heterocycles. The summed E-state index contributed by atoms with van der Waals surface area (Å²) in [5.74, 6) is 0.399. The van der Waals surface area contributed by atoms with Crippen molar-refractivity contribution in [3.63, 3.8) is 0 Å². The van der Waals surface area contributed by atoms with Crippen LogP contribution in [-0.4, -0.2) is 17.4 Å². The number of carbonyl (C=O) groups is 1. The van der Waals surface area contributed by atoms with Crippen molar-refractivity contribution in [3.05, 3.63) is 112 Å². The molecule has 0 aliphatic rings. The maximum Gasteiger partial charge on any atom is 0.269 e. The highest BCUT2D eigenvalue weighted by Gasteiger charge is 2.13. The van der Waals surface area contributed by atoms with Crippen LogP contribution >= 0.6 is 0 Å². The van der Waals surface area contributed by atoms with Crippen molar-refractivity contribution in [3.8, 4) is 17.6 Å². The van der Waals surface area contributed by atoms with Crippen molar-refractivity contribution in [1.82, 2.24) is 0 Å². The molecule has 4 rings (SSSR count). The summed E-state index contributed by atoms with van der Waals surface area (Å²) < 4.78 is 11.6. The number of benzene rings is 4. The molecule has 4 aromatic carbocycles. The molecule has 0 aromatic heterocycles. The van der Waals surface area contributed by atoms with E-state index in [1.165, 1.54) is 18.2 Å². The molecule has 0 aliphatic heterocycles. The highest BCUT2D eigenvalue weighted by atomic mass is 16.6. The van der Waals surface area contributed by atoms with Crippen LogP contribution in [0.1, 0.15) is 18.1 Å². The largest absolute Gasteiger partial charge is 0.490 e. The fourth-order valence-corrected chi connectivity index (χ4v) is 3.72. The van der Waals surface area contributed by atoms with Crippen LogP contribution in [0, 0.1) is 21.4 Å². The second-order valence-electron chi connectivity index (χ2n) is 8.00. The molecule has 0 unspecified atom stereocenters. The van der Waals surface area contributed by atoms with E-state index in [9.17, 15) is 20.2 Å². The molecule has 8 nitrogen and oxygen atoms in total. The number of fused-ring (bicyclic) bond motifs is 1. The van der Waals surface area contributed by atoms with Gasteiger partial charge in [0, 0.05) is 23.2 Å². The molecule has 1 N–H and O–H groups in total. The Kier molecular flexibility index (Phi) is 7.76. The third-order valence-corrected chi connectivity index (χ3v) is 5.52. The lowest BCUT2D eigenvalue weighted by atomic mass is 10.1. The van der Waals surface area contributed by atoms with Gasteiger partial charge in [-0.25, -0.2) is 0 Å². The van der Waals surface area contributed by atoms with Crippen molar-refractivity contribution in [2.24, 2.45) is 0 Å². The predicted molar refractivity (Wildman–Crippen MR) is 141 cm³/mol. The standard InChI is InChI=1S/C29H23N3O5/c1-2-36-28-17-21(12-15-27(28)37-19-20-10-13-24(14-11-20)32(34)35)16-23(18-30)29(33)31-26-9-5-7-22-6-3-4-8-25(22)26/h3-17H,2,19H2,1H3,(H,31,33)/b23-16+. The zero-order valence-electron chi connectivity index (χ0n) is 20.0. The molecule has 0 saturated carbocycles. The molecule has 1 amide bonds. The van der Waals surface area contributed by atoms with Crippen molar-refractivity contribution >= 4 is 34.1 Å². The first-order valence-electron chi connectivity index (χ1n) is 11.5. The molecule has 0 bridgehead atoms. The number of carbonyl (C=O) groups excluding carboxylic acids is 1. The summed E-state index contributed by atoms with van der Waals surface area (Å²) in [5, 5.41) is 25.2. The van der Waals surface area contributed by atoms with Crippen LogP contribution < -0.4 is 14.8 Å². The SMILES string of the molecule is CCOc1cc(/C=C(\C#N)C(=O)Nc2cccc3ccccc23)ccc1OCc1ccc([N+](=O)[O-])cc1. The number of hydrogen-bond acceptors (Lipinski definition) is 6. The van der Waals surface area contributed by atoms with Crippen LogP contribution in [0.3, 0.4) is 0 Å². The lowest BCUT2D eigenvalue weighted by Gasteiger charge is -2.13. The average Bonchev–Trinajstić information content (AvgIpc) is 2.91. The van der Waals surface area contributed by atoms with E-state index in [0.29, 0.717) is 29.4 Å². The van der Waals surface area contributed by atoms with Gasteiger partial charge in [-0.1, -0.05) is 42.5 Å². The van der Waals surface area contributed by atoms with E-state index in [0.717, 1.165) is 16.3 Å². The fraction of sp³-hybridized carbons (Fsp3) is 0.103. The summed E-state index contributed by atoms with van der Waals surface area (Å²) in [7, 11) is 0. The van der Waals surface area contributed by atoms with Gasteiger partial charge < -0.3 is 14.8 Å². The van der Waals surface area contributed by atoms with Gasteiger partial charge in [-0.2, -0.15) is 5.26 Å². The van der Waals surface area contributed by atoms with E-state index in [4.69, 9.17) is 9.47 Å². The molecule has 0 aliphatic carbocycles. The number of nitriles is 1. The second kappa shape index (κ2) is 11.5. The smallest absolute Gasteiger partial charge is 0.269 e. The van der Waals surface area contributed by atoms with E-state index in [1.54, 1.807) is 36.4 Å². The molecular weight excluding hydrogens is 470 g/mol. The van der Waals surface area contributed by atoms with Gasteiger partial charge in [-0.05, 0) is 59.8 Å². The topological polar surface area (TPSA) is 114 Å². The van der Waals surface area contributed by atoms with Gasteiger partial charge in [0.15, 0.2) is 11.5 Å². The van der Waals surface area contributed by atoms with Gasteiger partial charge in [-0.3, -0.25) is 14.9 Å². The number of non-ortho nitro benzene ring substituents is 1. The lowest BCUT2D eigenvalue weighted by molar-refractivity contribution is -0.384. The first-order chi connectivity index (χ1) is 18.0. The maximum atomic E-state index is 12.9. The minimum Gasteiger partial charge on any atom is -0.490 e. The molecule has 4 aromatic rings. The van der Waals surface area contributed by atoms with Gasteiger partial charge in [-0.15, -0.1) is 0 Å². The molecule has 0 radical (unpaired) electrons.